The second kappa shape index (κ2) is 10.9. The Labute approximate surface area is 215 Å². The Hall–Kier alpha value is -2.08. The molecule has 5 nitrogen and oxygen atoms in total. The number of likely N-dealkylation sites (tertiary alicyclic amines) is 2. The van der Waals surface area contributed by atoms with Crippen molar-refractivity contribution < 1.29 is 4.79 Å². The lowest BCUT2D eigenvalue weighted by Gasteiger charge is -2.39. The number of rotatable bonds is 6. The van der Waals surface area contributed by atoms with Crippen molar-refractivity contribution in [2.75, 3.05) is 57.3 Å². The molecule has 2 aromatic carbocycles. The number of hydrogen-bond acceptors (Lipinski definition) is 4. The highest BCUT2D eigenvalue weighted by molar-refractivity contribution is 6.30. The summed E-state index contributed by atoms with van der Waals surface area (Å²) < 4.78 is 0. The molecule has 2 aromatic rings. The molecule has 0 aliphatic carbocycles. The molecule has 3 aliphatic rings. The third-order valence-corrected chi connectivity index (χ3v) is 8.46. The zero-order valence-corrected chi connectivity index (χ0v) is 22.0. The van der Waals surface area contributed by atoms with Gasteiger partial charge >= 0.3 is 0 Å². The van der Waals surface area contributed by atoms with Gasteiger partial charge in [-0.15, -0.1) is 0 Å². The molecule has 1 amide bonds. The fraction of sp³-hybridized carbons (Fsp3) is 0.552. The number of piperazine rings is 1. The minimum atomic E-state index is 0.00702. The Morgan fingerprint density at radius 1 is 0.914 bits per heavy atom. The molecule has 0 N–H and O–H groups in total. The summed E-state index contributed by atoms with van der Waals surface area (Å²) in [6, 6.07) is 17.4. The van der Waals surface area contributed by atoms with E-state index in [1.165, 1.54) is 42.7 Å². The molecule has 0 aromatic heterocycles. The van der Waals surface area contributed by atoms with Crippen LogP contribution in [0.15, 0.2) is 48.5 Å². The molecular formula is C29H39ClN4O. The van der Waals surface area contributed by atoms with Crippen LogP contribution in [0.4, 0.5) is 5.69 Å². The van der Waals surface area contributed by atoms with Crippen LogP contribution >= 0.6 is 11.6 Å². The molecule has 0 unspecified atom stereocenters. The number of benzene rings is 2. The number of nitrogens with zero attached hydrogens (tertiary/aromatic N) is 4. The lowest BCUT2D eigenvalue weighted by Crippen LogP contribution is -2.51. The highest BCUT2D eigenvalue weighted by Crippen LogP contribution is 2.36. The summed E-state index contributed by atoms with van der Waals surface area (Å²) in [6.07, 6.45) is 2.63. The molecular weight excluding hydrogens is 456 g/mol. The number of hydrogen-bond donors (Lipinski definition) is 0. The van der Waals surface area contributed by atoms with Gasteiger partial charge in [0.2, 0.25) is 5.91 Å². The fourth-order valence-corrected chi connectivity index (χ4v) is 6.22. The van der Waals surface area contributed by atoms with E-state index in [1.807, 2.05) is 12.1 Å². The van der Waals surface area contributed by atoms with Crippen LogP contribution in [-0.4, -0.2) is 79.0 Å². The van der Waals surface area contributed by atoms with Gasteiger partial charge in [-0.3, -0.25) is 14.6 Å². The average Bonchev–Trinajstić information content (AvgIpc) is 3.55. The van der Waals surface area contributed by atoms with Crippen LogP contribution in [0.3, 0.4) is 0 Å². The first-order valence-corrected chi connectivity index (χ1v) is 13.7. The standard InChI is InChI=1S/C29H39ClN4O/c1-22(2)34-20-26(23-9-11-25(30)12-10-23)27(21-34)29(35)33-17-15-32(16-18-33)28-8-4-3-7-24(28)19-31-13-5-6-14-31/h3-4,7-12,22,26-27H,5-6,13-21H2,1-2H3/t26-,27+/m0/s1. The number of halogens is 1. The summed E-state index contributed by atoms with van der Waals surface area (Å²) in [6.45, 7) is 13.1. The molecule has 3 heterocycles. The van der Waals surface area contributed by atoms with Gasteiger partial charge in [0.05, 0.1) is 5.92 Å². The Kier molecular flexibility index (Phi) is 7.66. The van der Waals surface area contributed by atoms with E-state index < -0.39 is 0 Å². The van der Waals surface area contributed by atoms with Crippen LogP contribution in [0.2, 0.25) is 5.02 Å². The van der Waals surface area contributed by atoms with E-state index in [2.05, 4.69) is 69.8 Å². The van der Waals surface area contributed by atoms with Crippen molar-refractivity contribution in [3.63, 3.8) is 0 Å². The summed E-state index contributed by atoms with van der Waals surface area (Å²) in [5.74, 6) is 0.548. The first-order valence-electron chi connectivity index (χ1n) is 13.3. The maximum Gasteiger partial charge on any atom is 0.227 e. The van der Waals surface area contributed by atoms with Gasteiger partial charge in [0, 0.05) is 68.5 Å². The Balaban J connectivity index is 1.26. The Morgan fingerprint density at radius 2 is 1.60 bits per heavy atom. The van der Waals surface area contributed by atoms with Crippen LogP contribution in [0.25, 0.3) is 0 Å². The van der Waals surface area contributed by atoms with Crippen molar-refractivity contribution in [1.82, 2.24) is 14.7 Å². The zero-order valence-electron chi connectivity index (χ0n) is 21.2. The first kappa shape index (κ1) is 24.6. The molecule has 3 saturated heterocycles. The van der Waals surface area contributed by atoms with E-state index in [0.717, 1.165) is 50.8 Å². The van der Waals surface area contributed by atoms with E-state index >= 15 is 0 Å². The minimum absolute atomic E-state index is 0.00702. The fourth-order valence-electron chi connectivity index (χ4n) is 6.09. The van der Waals surface area contributed by atoms with Crippen molar-refractivity contribution in [3.8, 4) is 0 Å². The summed E-state index contributed by atoms with van der Waals surface area (Å²) >= 11 is 6.15. The maximum atomic E-state index is 13.8. The van der Waals surface area contributed by atoms with Gasteiger partial charge < -0.3 is 9.80 Å². The van der Waals surface area contributed by atoms with Gasteiger partial charge in [0.1, 0.15) is 0 Å². The molecule has 0 saturated carbocycles. The van der Waals surface area contributed by atoms with E-state index in [-0.39, 0.29) is 11.8 Å². The number of amides is 1. The van der Waals surface area contributed by atoms with E-state index in [4.69, 9.17) is 11.6 Å². The van der Waals surface area contributed by atoms with Crippen molar-refractivity contribution >= 4 is 23.2 Å². The minimum Gasteiger partial charge on any atom is -0.368 e. The van der Waals surface area contributed by atoms with Crippen LogP contribution < -0.4 is 4.90 Å². The molecule has 6 heteroatoms. The first-order chi connectivity index (χ1) is 17.0. The van der Waals surface area contributed by atoms with Crippen molar-refractivity contribution in [2.24, 2.45) is 5.92 Å². The molecule has 3 aliphatic heterocycles. The third kappa shape index (κ3) is 5.52. The van der Waals surface area contributed by atoms with E-state index in [0.29, 0.717) is 11.9 Å². The molecule has 35 heavy (non-hydrogen) atoms. The third-order valence-electron chi connectivity index (χ3n) is 8.21. The van der Waals surface area contributed by atoms with Crippen LogP contribution in [0.5, 0.6) is 0 Å². The van der Waals surface area contributed by atoms with Crippen LogP contribution in [0.1, 0.15) is 43.7 Å². The second-order valence-electron chi connectivity index (χ2n) is 10.7. The van der Waals surface area contributed by atoms with Gasteiger partial charge in [0.15, 0.2) is 0 Å². The topological polar surface area (TPSA) is 30.0 Å². The maximum absolute atomic E-state index is 13.8. The monoisotopic (exact) mass is 494 g/mol. The van der Waals surface area contributed by atoms with Gasteiger partial charge in [-0.2, -0.15) is 0 Å². The number of carbonyl (C=O) groups excluding carboxylic acids is 1. The van der Waals surface area contributed by atoms with Gasteiger partial charge in [-0.25, -0.2) is 0 Å². The number of para-hydroxylation sites is 1. The van der Waals surface area contributed by atoms with E-state index in [9.17, 15) is 4.79 Å². The Morgan fingerprint density at radius 3 is 2.29 bits per heavy atom. The van der Waals surface area contributed by atoms with Gasteiger partial charge in [0.25, 0.3) is 0 Å². The molecule has 3 fully saturated rings. The quantitative estimate of drug-likeness (QED) is 0.582. The smallest absolute Gasteiger partial charge is 0.227 e. The summed E-state index contributed by atoms with van der Waals surface area (Å²) in [7, 11) is 0. The summed E-state index contributed by atoms with van der Waals surface area (Å²) in [5, 5.41) is 0.747. The predicted octanol–water partition coefficient (Wildman–Crippen LogP) is 4.71. The lowest BCUT2D eigenvalue weighted by molar-refractivity contribution is -0.135. The predicted molar refractivity (Wildman–Crippen MR) is 144 cm³/mol. The second-order valence-corrected chi connectivity index (χ2v) is 11.2. The molecule has 0 bridgehead atoms. The lowest BCUT2D eigenvalue weighted by atomic mass is 9.88. The number of carbonyl (C=O) groups is 1. The molecule has 0 spiro atoms. The SMILES string of the molecule is CC(C)N1C[C@@H](C(=O)N2CCN(c3ccccc3CN3CCCC3)CC2)[C@H](c2ccc(Cl)cc2)C1. The Bertz CT molecular complexity index is 996. The summed E-state index contributed by atoms with van der Waals surface area (Å²) in [4.78, 5) is 23.4. The molecule has 0 radical (unpaired) electrons. The van der Waals surface area contributed by atoms with Crippen molar-refractivity contribution in [1.29, 1.82) is 0 Å². The van der Waals surface area contributed by atoms with Gasteiger partial charge in [-0.1, -0.05) is 41.9 Å². The zero-order chi connectivity index (χ0) is 24.4. The largest absolute Gasteiger partial charge is 0.368 e. The van der Waals surface area contributed by atoms with Crippen LogP contribution in [0, 0.1) is 5.92 Å². The van der Waals surface area contributed by atoms with Gasteiger partial charge in [-0.05, 0) is 69.1 Å². The molecule has 2 atom stereocenters. The highest BCUT2D eigenvalue weighted by atomic mass is 35.5. The summed E-state index contributed by atoms with van der Waals surface area (Å²) in [5.41, 5.74) is 3.99. The normalized spacial score (nSPS) is 24.0. The van der Waals surface area contributed by atoms with Crippen LogP contribution in [-0.2, 0) is 11.3 Å². The number of anilines is 1. The van der Waals surface area contributed by atoms with Crippen molar-refractivity contribution in [2.45, 2.75) is 45.2 Å². The average molecular weight is 495 g/mol. The van der Waals surface area contributed by atoms with E-state index in [1.54, 1.807) is 0 Å². The molecule has 188 valence electrons. The molecule has 5 rings (SSSR count). The highest BCUT2D eigenvalue weighted by Gasteiger charge is 2.41. The van der Waals surface area contributed by atoms with Crippen molar-refractivity contribution in [3.05, 3.63) is 64.7 Å².